The van der Waals surface area contributed by atoms with E-state index < -0.39 is 54.6 Å². The number of nitrogens with zero attached hydrogens (tertiary/aromatic N) is 1. The van der Waals surface area contributed by atoms with Gasteiger partial charge in [0, 0.05) is 29.2 Å². The zero-order valence-electron chi connectivity index (χ0n) is 18.5. The maximum Gasteiger partial charge on any atom is 0.491 e. The molecule has 2 rings (SSSR count). The largest absolute Gasteiger partial charge is 0.491 e. The number of amides is 2. The molecule has 2 amide bonds. The van der Waals surface area contributed by atoms with E-state index in [-0.39, 0.29) is 35.8 Å². The fourth-order valence-electron chi connectivity index (χ4n) is 3.44. The van der Waals surface area contributed by atoms with Crippen LogP contribution in [0.15, 0.2) is 36.4 Å². The normalized spacial score (nSPS) is 12.5. The molecule has 15 heteroatoms. The first kappa shape index (κ1) is 27.9. The van der Waals surface area contributed by atoms with Gasteiger partial charge in [0.2, 0.25) is 5.91 Å². The van der Waals surface area contributed by atoms with Gasteiger partial charge < -0.3 is 36.9 Å². The van der Waals surface area contributed by atoms with E-state index in [1.54, 1.807) is 0 Å². The smallest absolute Gasteiger partial charge is 0.423 e. The zero-order valence-corrected chi connectivity index (χ0v) is 18.5. The van der Waals surface area contributed by atoms with E-state index in [1.807, 2.05) is 0 Å². The summed E-state index contributed by atoms with van der Waals surface area (Å²) in [5.74, 6) is -2.29. The summed E-state index contributed by atoms with van der Waals surface area (Å²) in [7, 11) is -4.10. The van der Waals surface area contributed by atoms with Crippen molar-refractivity contribution in [2.75, 3.05) is 0 Å². The number of nitrogens with two attached hydrogens (primary N) is 2. The molecular weight excluding hydrogens is 465 g/mol. The van der Waals surface area contributed by atoms with Crippen LogP contribution < -0.4 is 27.7 Å². The van der Waals surface area contributed by atoms with Crippen LogP contribution in [0.25, 0.3) is 0 Å². The Balaban J connectivity index is 2.29. The van der Waals surface area contributed by atoms with Crippen molar-refractivity contribution in [2.24, 2.45) is 11.5 Å². The number of hydrogen-bond acceptors (Lipinski definition) is 9. The predicted octanol–water partition coefficient (Wildman–Crippen LogP) is -2.58. The molecule has 0 aliphatic heterocycles. The first-order chi connectivity index (χ1) is 16.4. The van der Waals surface area contributed by atoms with Crippen LogP contribution in [0.1, 0.15) is 35.2 Å². The van der Waals surface area contributed by atoms with Gasteiger partial charge in [-0.3, -0.25) is 19.7 Å². The van der Waals surface area contributed by atoms with Crippen molar-refractivity contribution < 1.29 is 39.0 Å². The minimum absolute atomic E-state index is 0.0992. The summed E-state index contributed by atoms with van der Waals surface area (Å²) in [5, 5.41) is 51.3. The second kappa shape index (κ2) is 12.4. The Labute approximate surface area is 200 Å². The molecule has 0 saturated heterocycles. The average Bonchev–Trinajstić information content (AvgIpc) is 2.79. The second-order valence-corrected chi connectivity index (χ2v) is 7.99. The fraction of sp³-hybridized carbons (Fsp3) is 0.300. The molecule has 0 aliphatic carbocycles. The number of hydrogen-bond donors (Lipinski definition) is 7. The molecule has 0 heterocycles. The maximum atomic E-state index is 13.8. The number of halogens is 1. The van der Waals surface area contributed by atoms with E-state index in [2.05, 4.69) is 5.32 Å². The van der Waals surface area contributed by atoms with Gasteiger partial charge in [-0.2, -0.15) is 0 Å². The Morgan fingerprint density at radius 1 is 1.09 bits per heavy atom. The van der Waals surface area contributed by atoms with Gasteiger partial charge in [0.05, 0.1) is 11.0 Å². The Kier molecular flexibility index (Phi) is 9.86. The number of nitro benzene ring substituents is 1. The fourth-order valence-corrected chi connectivity index (χ4v) is 3.44. The lowest BCUT2D eigenvalue weighted by atomic mass is 9.78. The molecule has 186 valence electrons. The molecule has 0 aromatic heterocycles. The predicted molar refractivity (Wildman–Crippen MR) is 125 cm³/mol. The first-order valence-electron chi connectivity index (χ1n) is 10.5. The van der Waals surface area contributed by atoms with Gasteiger partial charge in [-0.05, 0) is 48.8 Å². The molecule has 12 nitrogen and oxygen atoms in total. The molecule has 2 aromatic carbocycles. The molecule has 0 radical (unpaired) electrons. The van der Waals surface area contributed by atoms with Gasteiger partial charge in [0.1, 0.15) is 5.82 Å². The summed E-state index contributed by atoms with van der Waals surface area (Å²) in [6.07, 6.45) is 0.929. The van der Waals surface area contributed by atoms with Crippen molar-refractivity contribution in [1.82, 2.24) is 5.32 Å². The van der Waals surface area contributed by atoms with Crippen molar-refractivity contribution in [3.05, 3.63) is 63.5 Å². The second-order valence-electron chi connectivity index (χ2n) is 7.99. The van der Waals surface area contributed by atoms with E-state index in [0.29, 0.717) is 12.0 Å². The number of benzene rings is 2. The van der Waals surface area contributed by atoms with Crippen LogP contribution in [0.3, 0.4) is 0 Å². The number of non-ortho nitro benzene ring substituents is 1. The van der Waals surface area contributed by atoms with Gasteiger partial charge in [0.25, 0.3) is 11.6 Å². The summed E-state index contributed by atoms with van der Waals surface area (Å²) >= 11 is 0. The summed E-state index contributed by atoms with van der Waals surface area (Å²) in [6.45, 7) is 0. The molecule has 2 aromatic rings. The third-order valence-electron chi connectivity index (χ3n) is 5.30. The highest BCUT2D eigenvalue weighted by Crippen LogP contribution is 2.15. The van der Waals surface area contributed by atoms with Gasteiger partial charge in [-0.15, -0.1) is 0 Å². The minimum atomic E-state index is -2.05. The SMILES string of the molecule is NC(=O)C(N)CCC[C@@H](Cc1ccc(F)c(B(O)O)c1)NC(=O)c1cc(B(O)O)cc([N+](=O)[O-])c1. The molecule has 2 atom stereocenters. The molecule has 1 unspecified atom stereocenters. The van der Waals surface area contributed by atoms with E-state index in [9.17, 15) is 44.2 Å². The summed E-state index contributed by atoms with van der Waals surface area (Å²) in [6, 6.07) is 5.08. The van der Waals surface area contributed by atoms with Crippen molar-refractivity contribution in [3.8, 4) is 0 Å². The monoisotopic (exact) mass is 490 g/mol. The van der Waals surface area contributed by atoms with Crippen molar-refractivity contribution in [2.45, 2.75) is 37.8 Å². The molecule has 0 spiro atoms. The Hall–Kier alpha value is -3.36. The lowest BCUT2D eigenvalue weighted by Crippen LogP contribution is -2.39. The van der Waals surface area contributed by atoms with Crippen LogP contribution in [0, 0.1) is 15.9 Å². The zero-order chi connectivity index (χ0) is 26.3. The van der Waals surface area contributed by atoms with E-state index >= 15 is 0 Å². The third-order valence-corrected chi connectivity index (χ3v) is 5.30. The molecule has 0 aliphatic rings. The van der Waals surface area contributed by atoms with E-state index in [1.165, 1.54) is 12.1 Å². The molecule has 0 saturated carbocycles. The highest BCUT2D eigenvalue weighted by atomic mass is 19.1. The Morgan fingerprint density at radius 2 is 1.77 bits per heavy atom. The van der Waals surface area contributed by atoms with Crippen LogP contribution in [-0.2, 0) is 11.2 Å². The summed E-state index contributed by atoms with van der Waals surface area (Å²) in [4.78, 5) is 34.5. The number of carbonyl (C=O) groups excluding carboxylic acids is 2. The average molecular weight is 490 g/mol. The molecular formula is C20H25B2FN4O8. The third kappa shape index (κ3) is 8.12. The number of carbonyl (C=O) groups is 2. The van der Waals surface area contributed by atoms with Crippen molar-refractivity contribution >= 4 is 42.7 Å². The number of rotatable bonds is 12. The standard InChI is InChI=1S/C20H25B2FN4O8/c23-17-5-4-11(7-16(17)22(32)33)6-14(2-1-3-18(24)19(25)28)26-20(29)12-8-13(21(30)31)10-15(9-12)27(34)35/h4-5,7-10,14,18,30-33H,1-3,6,24H2,(H2,25,28)(H,26,29)/t14-,18?/m0/s1. The summed E-state index contributed by atoms with van der Waals surface area (Å²) < 4.78 is 13.8. The van der Waals surface area contributed by atoms with Gasteiger partial charge in [-0.1, -0.05) is 12.1 Å². The Bertz CT molecular complexity index is 1090. The number of nitro groups is 1. The van der Waals surface area contributed by atoms with Crippen LogP contribution in [0.4, 0.5) is 10.1 Å². The maximum absolute atomic E-state index is 13.8. The molecule has 0 bridgehead atoms. The van der Waals surface area contributed by atoms with Crippen LogP contribution >= 0.6 is 0 Å². The van der Waals surface area contributed by atoms with E-state index in [4.69, 9.17) is 11.5 Å². The van der Waals surface area contributed by atoms with Crippen LogP contribution in [0.5, 0.6) is 0 Å². The molecule has 0 fully saturated rings. The van der Waals surface area contributed by atoms with Crippen LogP contribution in [0.2, 0.25) is 0 Å². The van der Waals surface area contributed by atoms with Gasteiger partial charge in [-0.25, -0.2) is 4.39 Å². The lowest BCUT2D eigenvalue weighted by molar-refractivity contribution is -0.384. The lowest BCUT2D eigenvalue weighted by Gasteiger charge is -2.20. The van der Waals surface area contributed by atoms with Crippen LogP contribution in [-0.4, -0.2) is 63.2 Å². The number of nitrogens with one attached hydrogen (secondary N) is 1. The molecule has 9 N–H and O–H groups in total. The topological polar surface area (TPSA) is 222 Å². The van der Waals surface area contributed by atoms with Gasteiger partial charge in [0.15, 0.2) is 0 Å². The van der Waals surface area contributed by atoms with Crippen molar-refractivity contribution in [3.63, 3.8) is 0 Å². The number of primary amides is 1. The van der Waals surface area contributed by atoms with Crippen molar-refractivity contribution in [1.29, 1.82) is 0 Å². The molecule has 35 heavy (non-hydrogen) atoms. The van der Waals surface area contributed by atoms with Gasteiger partial charge >= 0.3 is 14.2 Å². The Morgan fingerprint density at radius 3 is 2.34 bits per heavy atom. The van der Waals surface area contributed by atoms with E-state index in [0.717, 1.165) is 24.3 Å². The quantitative estimate of drug-likeness (QED) is 0.0942. The summed E-state index contributed by atoms with van der Waals surface area (Å²) in [5.41, 5.74) is 9.90. The highest BCUT2D eigenvalue weighted by Gasteiger charge is 2.23. The minimum Gasteiger partial charge on any atom is -0.423 e. The highest BCUT2D eigenvalue weighted by molar-refractivity contribution is 6.59. The first-order valence-corrected chi connectivity index (χ1v) is 10.5.